The Balaban J connectivity index is 0.00000312. The van der Waals surface area contributed by atoms with Gasteiger partial charge in [-0.05, 0) is 50.9 Å². The van der Waals surface area contributed by atoms with Crippen LogP contribution in [0, 0.1) is 5.92 Å². The van der Waals surface area contributed by atoms with E-state index in [0.29, 0.717) is 19.0 Å². The largest absolute Gasteiger partial charge is 0.573 e. The summed E-state index contributed by atoms with van der Waals surface area (Å²) in [6.07, 6.45) is -2.37. The molecule has 0 spiro atoms. The van der Waals surface area contributed by atoms with Crippen molar-refractivity contribution in [1.82, 2.24) is 9.62 Å². The van der Waals surface area contributed by atoms with E-state index in [1.54, 1.807) is 0 Å². The van der Waals surface area contributed by atoms with Gasteiger partial charge in [-0.25, -0.2) is 8.42 Å². The fourth-order valence-electron chi connectivity index (χ4n) is 2.77. The maximum atomic E-state index is 12.6. The molecule has 1 saturated heterocycles. The Morgan fingerprint density at radius 1 is 1.28 bits per heavy atom. The quantitative estimate of drug-likeness (QED) is 0.794. The van der Waals surface area contributed by atoms with Crippen molar-refractivity contribution in [2.24, 2.45) is 5.92 Å². The molecule has 1 aromatic rings. The molecule has 25 heavy (non-hydrogen) atoms. The Labute approximate surface area is 152 Å². The predicted molar refractivity (Wildman–Crippen MR) is 90.4 cm³/mol. The first-order valence-electron chi connectivity index (χ1n) is 7.73. The van der Waals surface area contributed by atoms with Crippen molar-refractivity contribution in [3.8, 4) is 5.75 Å². The normalized spacial score (nSPS) is 17.1. The number of hydrogen-bond acceptors (Lipinski definition) is 4. The summed E-state index contributed by atoms with van der Waals surface area (Å²) in [5.74, 6) is -0.0729. The van der Waals surface area contributed by atoms with Crippen molar-refractivity contribution in [1.29, 1.82) is 0 Å². The molecule has 1 heterocycles. The van der Waals surface area contributed by atoms with Gasteiger partial charge in [0, 0.05) is 19.2 Å². The Bertz CT molecular complexity index is 648. The lowest BCUT2D eigenvalue weighted by molar-refractivity contribution is -0.274. The number of nitrogens with zero attached hydrogens (tertiary/aromatic N) is 1. The summed E-state index contributed by atoms with van der Waals surface area (Å²) in [5.41, 5.74) is 0. The second-order valence-electron chi connectivity index (χ2n) is 5.76. The Hall–Kier alpha value is -1.03. The summed E-state index contributed by atoms with van der Waals surface area (Å²) in [6.45, 7) is 1.64. The number of sulfonamides is 1. The zero-order valence-corrected chi connectivity index (χ0v) is 15.4. The van der Waals surface area contributed by atoms with Crippen LogP contribution in [0.25, 0.3) is 0 Å². The predicted octanol–water partition coefficient (Wildman–Crippen LogP) is 3.02. The molecular weight excluding hydrogens is 381 g/mol. The number of piperidine rings is 1. The molecule has 0 aliphatic carbocycles. The van der Waals surface area contributed by atoms with Crippen LogP contribution in [0.3, 0.4) is 0 Å². The minimum atomic E-state index is -4.85. The monoisotopic (exact) mass is 402 g/mol. The van der Waals surface area contributed by atoms with Crippen molar-refractivity contribution >= 4 is 22.4 Å². The minimum absolute atomic E-state index is 0. The molecular formula is C15H22ClF3N2O3S. The van der Waals surface area contributed by atoms with E-state index < -0.39 is 22.1 Å². The number of benzene rings is 1. The highest BCUT2D eigenvalue weighted by atomic mass is 35.5. The lowest BCUT2D eigenvalue weighted by Crippen LogP contribution is -2.38. The molecule has 1 aliphatic rings. The molecule has 1 N–H and O–H groups in total. The SMILES string of the molecule is CNCCC1CCN(S(=O)(=O)c2cccc(OC(F)(F)F)c2)CC1.Cl. The first kappa shape index (κ1) is 22.0. The summed E-state index contributed by atoms with van der Waals surface area (Å²) in [7, 11) is -1.94. The fourth-order valence-corrected chi connectivity index (χ4v) is 4.27. The van der Waals surface area contributed by atoms with Gasteiger partial charge in [-0.3, -0.25) is 0 Å². The van der Waals surface area contributed by atoms with Crippen LogP contribution in [0.2, 0.25) is 0 Å². The van der Waals surface area contributed by atoms with Gasteiger partial charge in [0.2, 0.25) is 10.0 Å². The molecule has 144 valence electrons. The molecule has 0 saturated carbocycles. The van der Waals surface area contributed by atoms with Gasteiger partial charge in [-0.2, -0.15) is 4.31 Å². The van der Waals surface area contributed by atoms with E-state index in [1.807, 2.05) is 7.05 Å². The van der Waals surface area contributed by atoms with Gasteiger partial charge in [0.1, 0.15) is 5.75 Å². The number of ether oxygens (including phenoxy) is 1. The van der Waals surface area contributed by atoms with Crippen LogP contribution in [0.15, 0.2) is 29.2 Å². The van der Waals surface area contributed by atoms with Gasteiger partial charge in [-0.1, -0.05) is 6.07 Å². The first-order chi connectivity index (χ1) is 11.2. The standard InChI is InChI=1S/C15H21F3N2O3S.ClH/c1-19-8-5-12-6-9-20(10-7-12)24(21,22)14-4-2-3-13(11-14)23-15(16,17)18;/h2-4,11-12,19H,5-10H2,1H3;1H. The maximum absolute atomic E-state index is 12.6. The highest BCUT2D eigenvalue weighted by Crippen LogP contribution is 2.29. The topological polar surface area (TPSA) is 58.6 Å². The molecule has 1 aliphatic heterocycles. The zero-order valence-electron chi connectivity index (χ0n) is 13.8. The smallest absolute Gasteiger partial charge is 0.406 e. The summed E-state index contributed by atoms with van der Waals surface area (Å²) in [4.78, 5) is -0.182. The van der Waals surface area contributed by atoms with Crippen molar-refractivity contribution in [3.05, 3.63) is 24.3 Å². The summed E-state index contributed by atoms with van der Waals surface area (Å²) in [6, 6.07) is 4.52. The fraction of sp³-hybridized carbons (Fsp3) is 0.600. The van der Waals surface area contributed by atoms with E-state index in [-0.39, 0.29) is 17.3 Å². The van der Waals surface area contributed by atoms with E-state index in [4.69, 9.17) is 0 Å². The Morgan fingerprint density at radius 3 is 2.48 bits per heavy atom. The van der Waals surface area contributed by atoms with Gasteiger partial charge in [0.05, 0.1) is 4.90 Å². The number of alkyl halides is 3. The Kier molecular flexibility index (Phi) is 7.98. The number of halogens is 4. The van der Waals surface area contributed by atoms with Crippen LogP contribution in [0.5, 0.6) is 5.75 Å². The molecule has 0 radical (unpaired) electrons. The molecule has 1 fully saturated rings. The number of nitrogens with one attached hydrogen (secondary N) is 1. The number of hydrogen-bond donors (Lipinski definition) is 1. The molecule has 0 bridgehead atoms. The van der Waals surface area contributed by atoms with Gasteiger partial charge < -0.3 is 10.1 Å². The molecule has 0 amide bonds. The lowest BCUT2D eigenvalue weighted by atomic mass is 9.95. The van der Waals surface area contributed by atoms with E-state index in [2.05, 4.69) is 10.1 Å². The first-order valence-corrected chi connectivity index (χ1v) is 9.17. The van der Waals surface area contributed by atoms with E-state index in [0.717, 1.165) is 37.9 Å². The van der Waals surface area contributed by atoms with Gasteiger partial charge in [0.25, 0.3) is 0 Å². The molecule has 2 rings (SSSR count). The molecule has 0 atom stereocenters. The van der Waals surface area contributed by atoms with E-state index >= 15 is 0 Å². The van der Waals surface area contributed by atoms with Crippen LogP contribution in [0.1, 0.15) is 19.3 Å². The molecule has 0 unspecified atom stereocenters. The third-order valence-corrected chi connectivity index (χ3v) is 5.95. The van der Waals surface area contributed by atoms with Crippen LogP contribution in [-0.2, 0) is 10.0 Å². The van der Waals surface area contributed by atoms with Crippen LogP contribution in [-0.4, -0.2) is 45.8 Å². The third kappa shape index (κ3) is 6.32. The van der Waals surface area contributed by atoms with E-state index in [1.165, 1.54) is 16.4 Å². The van der Waals surface area contributed by atoms with Crippen LogP contribution >= 0.6 is 12.4 Å². The molecule has 10 heteroatoms. The lowest BCUT2D eigenvalue weighted by Gasteiger charge is -2.31. The van der Waals surface area contributed by atoms with Gasteiger partial charge in [-0.15, -0.1) is 25.6 Å². The average molecular weight is 403 g/mol. The summed E-state index contributed by atoms with van der Waals surface area (Å²) in [5, 5.41) is 3.07. The van der Waals surface area contributed by atoms with Crippen LogP contribution < -0.4 is 10.1 Å². The van der Waals surface area contributed by atoms with Crippen molar-refractivity contribution in [2.75, 3.05) is 26.7 Å². The second kappa shape index (κ2) is 9.07. The van der Waals surface area contributed by atoms with E-state index in [9.17, 15) is 21.6 Å². The summed E-state index contributed by atoms with van der Waals surface area (Å²) >= 11 is 0. The zero-order chi connectivity index (χ0) is 17.8. The highest BCUT2D eigenvalue weighted by Gasteiger charge is 2.33. The third-order valence-electron chi connectivity index (χ3n) is 4.05. The van der Waals surface area contributed by atoms with Crippen molar-refractivity contribution in [3.63, 3.8) is 0 Å². The maximum Gasteiger partial charge on any atom is 0.573 e. The molecule has 0 aromatic heterocycles. The highest BCUT2D eigenvalue weighted by molar-refractivity contribution is 7.89. The van der Waals surface area contributed by atoms with Crippen LogP contribution in [0.4, 0.5) is 13.2 Å². The molecule has 5 nitrogen and oxygen atoms in total. The van der Waals surface area contributed by atoms with Gasteiger partial charge >= 0.3 is 6.36 Å². The van der Waals surface area contributed by atoms with Gasteiger partial charge in [0.15, 0.2) is 0 Å². The minimum Gasteiger partial charge on any atom is -0.406 e. The van der Waals surface area contributed by atoms with Crippen molar-refractivity contribution in [2.45, 2.75) is 30.5 Å². The van der Waals surface area contributed by atoms with Crippen molar-refractivity contribution < 1.29 is 26.3 Å². The second-order valence-corrected chi connectivity index (χ2v) is 7.70. The number of rotatable bonds is 6. The molecule has 1 aromatic carbocycles. The summed E-state index contributed by atoms with van der Waals surface area (Å²) < 4.78 is 67.2. The Morgan fingerprint density at radius 2 is 1.92 bits per heavy atom. The average Bonchev–Trinajstić information content (AvgIpc) is 2.52.